The summed E-state index contributed by atoms with van der Waals surface area (Å²) in [7, 11) is 0. The molecule has 0 aromatic carbocycles. The van der Waals surface area contributed by atoms with Crippen LogP contribution in [0, 0.1) is 0 Å². The van der Waals surface area contributed by atoms with Crippen molar-refractivity contribution in [2.45, 2.75) is 33.2 Å². The van der Waals surface area contributed by atoms with Crippen LogP contribution in [0.2, 0.25) is 0 Å². The van der Waals surface area contributed by atoms with Crippen LogP contribution in [0.4, 0.5) is 0 Å². The largest absolute Gasteiger partial charge is 0.382 e. The molecule has 0 saturated carbocycles. The van der Waals surface area contributed by atoms with Crippen molar-refractivity contribution >= 4 is 5.96 Å². The van der Waals surface area contributed by atoms with Gasteiger partial charge in [-0.05, 0) is 27.2 Å². The molecule has 0 amide bonds. The molecule has 0 unspecified atom stereocenters. The molecule has 0 atom stereocenters. The second-order valence-corrected chi connectivity index (χ2v) is 3.12. The fourth-order valence-electron chi connectivity index (χ4n) is 0.852. The number of hydrogen-bond donors (Lipinski definition) is 2. The van der Waals surface area contributed by atoms with Crippen molar-refractivity contribution in [2.75, 3.05) is 19.8 Å². The number of guanidine groups is 1. The van der Waals surface area contributed by atoms with Crippen molar-refractivity contribution in [3.63, 3.8) is 0 Å². The Bertz CT molecular complexity index is 146. The average molecular weight is 187 g/mol. The lowest BCUT2D eigenvalue weighted by Crippen LogP contribution is -2.36. The standard InChI is InChI=1S/C9H21N3O/c1-4-13-7-5-6-11-9(10)12-8(2)3/h8H,4-7H2,1-3H3,(H3,10,11,12). The number of aliphatic imine (C=N–C) groups is 1. The van der Waals surface area contributed by atoms with Crippen molar-refractivity contribution in [3.8, 4) is 0 Å². The third kappa shape index (κ3) is 9.14. The fraction of sp³-hybridized carbons (Fsp3) is 0.889. The maximum atomic E-state index is 5.59. The lowest BCUT2D eigenvalue weighted by molar-refractivity contribution is 0.146. The molecule has 3 N–H and O–H groups in total. The van der Waals surface area contributed by atoms with Crippen LogP contribution in [0.1, 0.15) is 27.2 Å². The minimum absolute atomic E-state index is 0.343. The summed E-state index contributed by atoms with van der Waals surface area (Å²) in [5, 5.41) is 3.02. The molecule has 0 bridgehead atoms. The van der Waals surface area contributed by atoms with E-state index >= 15 is 0 Å². The van der Waals surface area contributed by atoms with Crippen LogP contribution in [0.5, 0.6) is 0 Å². The Morgan fingerprint density at radius 3 is 2.77 bits per heavy atom. The van der Waals surface area contributed by atoms with Crippen LogP contribution in [0.15, 0.2) is 4.99 Å². The third-order valence-corrected chi connectivity index (χ3v) is 1.37. The highest BCUT2D eigenvalue weighted by atomic mass is 16.5. The first-order valence-electron chi connectivity index (χ1n) is 4.81. The molecular formula is C9H21N3O. The Morgan fingerprint density at radius 1 is 1.54 bits per heavy atom. The van der Waals surface area contributed by atoms with Gasteiger partial charge in [0.15, 0.2) is 5.96 Å². The minimum atomic E-state index is 0.343. The van der Waals surface area contributed by atoms with Gasteiger partial charge < -0.3 is 15.8 Å². The molecule has 0 aromatic heterocycles. The molecule has 0 rings (SSSR count). The predicted octanol–water partition coefficient (Wildman–Crippen LogP) is 0.726. The van der Waals surface area contributed by atoms with Crippen molar-refractivity contribution in [1.82, 2.24) is 5.32 Å². The van der Waals surface area contributed by atoms with E-state index in [1.54, 1.807) is 0 Å². The minimum Gasteiger partial charge on any atom is -0.382 e. The zero-order valence-corrected chi connectivity index (χ0v) is 8.84. The molecule has 0 spiro atoms. The summed E-state index contributed by atoms with van der Waals surface area (Å²) in [6.45, 7) is 8.30. The highest BCUT2D eigenvalue weighted by molar-refractivity contribution is 5.77. The Morgan fingerprint density at radius 2 is 2.23 bits per heavy atom. The second-order valence-electron chi connectivity index (χ2n) is 3.12. The van der Waals surface area contributed by atoms with Crippen molar-refractivity contribution in [3.05, 3.63) is 0 Å². The Kier molecular flexibility index (Phi) is 7.39. The Balaban J connectivity index is 3.36. The number of nitrogens with two attached hydrogens (primary N) is 1. The highest BCUT2D eigenvalue weighted by Gasteiger charge is 1.93. The van der Waals surface area contributed by atoms with E-state index in [9.17, 15) is 0 Å². The molecule has 0 radical (unpaired) electrons. The smallest absolute Gasteiger partial charge is 0.188 e. The van der Waals surface area contributed by atoms with E-state index in [0.717, 1.165) is 26.2 Å². The number of hydrogen-bond acceptors (Lipinski definition) is 2. The number of nitrogens with one attached hydrogen (secondary N) is 1. The molecule has 0 fully saturated rings. The van der Waals surface area contributed by atoms with Crippen LogP contribution in [0.3, 0.4) is 0 Å². The summed E-state index contributed by atoms with van der Waals surface area (Å²) in [6, 6.07) is 0.343. The van der Waals surface area contributed by atoms with Crippen LogP contribution in [-0.4, -0.2) is 31.8 Å². The van der Waals surface area contributed by atoms with E-state index in [0.29, 0.717) is 12.0 Å². The van der Waals surface area contributed by atoms with Crippen molar-refractivity contribution in [1.29, 1.82) is 0 Å². The summed E-state index contributed by atoms with van der Waals surface area (Å²) in [4.78, 5) is 4.14. The zero-order chi connectivity index (χ0) is 10.1. The van der Waals surface area contributed by atoms with Crippen LogP contribution in [0.25, 0.3) is 0 Å². The van der Waals surface area contributed by atoms with Gasteiger partial charge in [-0.15, -0.1) is 0 Å². The van der Waals surface area contributed by atoms with Gasteiger partial charge in [0.05, 0.1) is 0 Å². The van der Waals surface area contributed by atoms with Gasteiger partial charge >= 0.3 is 0 Å². The van der Waals surface area contributed by atoms with Gasteiger partial charge in [-0.3, -0.25) is 4.99 Å². The normalized spacial score (nSPS) is 12.2. The Hall–Kier alpha value is -0.770. The third-order valence-electron chi connectivity index (χ3n) is 1.37. The quantitative estimate of drug-likeness (QED) is 0.366. The SMILES string of the molecule is CCOCCCN=C(N)NC(C)C. The van der Waals surface area contributed by atoms with Crippen molar-refractivity contribution < 1.29 is 4.74 Å². The molecule has 0 aliphatic rings. The lowest BCUT2D eigenvalue weighted by atomic mass is 10.4. The predicted molar refractivity (Wildman–Crippen MR) is 55.9 cm³/mol. The molecule has 0 heterocycles. The first-order valence-corrected chi connectivity index (χ1v) is 4.81. The average Bonchev–Trinajstić information content (AvgIpc) is 2.02. The van der Waals surface area contributed by atoms with Crippen LogP contribution in [-0.2, 0) is 4.74 Å². The summed E-state index contributed by atoms with van der Waals surface area (Å²) in [6.07, 6.45) is 0.925. The molecule has 0 aliphatic heterocycles. The topological polar surface area (TPSA) is 59.6 Å². The van der Waals surface area contributed by atoms with E-state index in [-0.39, 0.29) is 0 Å². The van der Waals surface area contributed by atoms with Gasteiger partial charge in [-0.1, -0.05) is 0 Å². The van der Waals surface area contributed by atoms with Gasteiger partial charge in [0.1, 0.15) is 0 Å². The summed E-state index contributed by atoms with van der Waals surface area (Å²) in [5.41, 5.74) is 5.59. The second kappa shape index (κ2) is 7.86. The van der Waals surface area contributed by atoms with Gasteiger partial charge in [0.25, 0.3) is 0 Å². The summed E-state index contributed by atoms with van der Waals surface area (Å²) >= 11 is 0. The van der Waals surface area contributed by atoms with E-state index in [4.69, 9.17) is 10.5 Å². The van der Waals surface area contributed by atoms with E-state index in [1.807, 2.05) is 20.8 Å². The van der Waals surface area contributed by atoms with E-state index in [2.05, 4.69) is 10.3 Å². The monoisotopic (exact) mass is 187 g/mol. The van der Waals surface area contributed by atoms with Crippen molar-refractivity contribution in [2.24, 2.45) is 10.7 Å². The summed E-state index contributed by atoms with van der Waals surface area (Å²) < 4.78 is 5.17. The molecule has 4 heteroatoms. The van der Waals surface area contributed by atoms with Crippen LogP contribution < -0.4 is 11.1 Å². The van der Waals surface area contributed by atoms with E-state index < -0.39 is 0 Å². The Labute approximate surface area is 80.6 Å². The first kappa shape index (κ1) is 12.2. The first-order chi connectivity index (χ1) is 6.16. The molecule has 0 aromatic rings. The van der Waals surface area contributed by atoms with Gasteiger partial charge in [-0.2, -0.15) is 0 Å². The molecule has 13 heavy (non-hydrogen) atoms. The number of rotatable bonds is 6. The maximum absolute atomic E-state index is 5.59. The van der Waals surface area contributed by atoms with E-state index in [1.165, 1.54) is 0 Å². The van der Waals surface area contributed by atoms with Gasteiger partial charge in [0, 0.05) is 25.8 Å². The fourth-order valence-corrected chi connectivity index (χ4v) is 0.852. The molecular weight excluding hydrogens is 166 g/mol. The molecule has 4 nitrogen and oxygen atoms in total. The molecule has 78 valence electrons. The summed E-state index contributed by atoms with van der Waals surface area (Å²) in [5.74, 6) is 0.520. The molecule has 0 aliphatic carbocycles. The molecule has 0 saturated heterocycles. The van der Waals surface area contributed by atoms with Crippen LogP contribution >= 0.6 is 0 Å². The lowest BCUT2D eigenvalue weighted by Gasteiger charge is -2.08. The maximum Gasteiger partial charge on any atom is 0.188 e. The zero-order valence-electron chi connectivity index (χ0n) is 8.84. The highest BCUT2D eigenvalue weighted by Crippen LogP contribution is 1.84. The number of ether oxygens (including phenoxy) is 1. The van der Waals surface area contributed by atoms with Gasteiger partial charge in [-0.25, -0.2) is 0 Å². The number of nitrogens with zero attached hydrogens (tertiary/aromatic N) is 1. The van der Waals surface area contributed by atoms with Gasteiger partial charge in [0.2, 0.25) is 0 Å².